The topological polar surface area (TPSA) is 359 Å². The number of aromatic amines is 1. The molecule has 0 unspecified atom stereocenters. The first-order valence-electron chi connectivity index (χ1n) is 29.3. The number of ether oxygens (including phenoxy) is 2. The fraction of sp³-hybridized carbons (Fsp3) is 0.443. The van der Waals surface area contributed by atoms with Crippen molar-refractivity contribution in [3.63, 3.8) is 0 Å². The molecule has 9 N–H and O–H groups in total. The van der Waals surface area contributed by atoms with Gasteiger partial charge in [-0.15, -0.1) is 11.3 Å². The highest BCUT2D eigenvalue weighted by Gasteiger charge is 2.47. The number of fused-ring (bicyclic) bond motifs is 2. The van der Waals surface area contributed by atoms with Crippen molar-refractivity contribution in [1.29, 1.82) is 0 Å². The largest absolute Gasteiger partial charge is 0.490 e. The van der Waals surface area contributed by atoms with Crippen molar-refractivity contribution >= 4 is 88.3 Å². The SMILES string of the molecule is CC(=O)N1CC[C@H]2CC[C@@H](C(=O)N[C@@H](CCC(N)=O)COc3cccc(CCCOc4cc([C@@H](C(=O)N5C[C@H](O)C[C@H]5C(=O)N[C@@H](C)c5ccc(-c6scnc6C)cc5)C(C)C)on4)c3Cl)N2C(=O)[C@@H](NC(=O)c2cc3cc(C(=O)P(=O)(O)O)ccc3[nH]2)C1. The standard InChI is InChI=1S/C61H72ClN10O15PS/c1-32(2)53(60(80)71-28-43(74)26-48(71)58(78)65-33(3)36-11-13-38(14-12-36)55-34(4)64-31-89-55)50-27-52(69-87-50)85-23-7-9-37-8-6-10-49(54(37)62)86-30-41(16-20-51(63)75)66-57(77)47-19-17-42-21-22-70(35(5)73)29-46(59(79)72(42)47)68-56(76)45-25-40-24-39(15-18-44(40)67-45)61(81)88(82,83)84/h6,8,10-15,18,24-25,27,31-33,41-43,46-48,53,67,74H,7,9,16-17,19-23,26,28-30H2,1-5H3,(H2,63,75)(H,65,78)(H,66,77)(H,68,76)(H2,82,83,84)/t33-,41-,42+,43+,46-,47-,48-,53-/m0/s1. The number of nitrogens with one attached hydrogen (secondary N) is 4. The summed E-state index contributed by atoms with van der Waals surface area (Å²) in [5.74, 6) is -4.09. The Kier molecular flexibility index (Phi) is 20.8. The third kappa shape index (κ3) is 15.5. The number of primary amides is 1. The third-order valence-corrected chi connectivity index (χ3v) is 18.6. The number of halogens is 1. The molecule has 3 aliphatic heterocycles. The summed E-state index contributed by atoms with van der Waals surface area (Å²) in [6.45, 7) is 8.89. The molecule has 9 rings (SSSR count). The number of hydrogen-bond donors (Lipinski definition) is 8. The Morgan fingerprint density at radius 3 is 2.39 bits per heavy atom. The van der Waals surface area contributed by atoms with E-state index in [1.165, 1.54) is 45.9 Å². The van der Waals surface area contributed by atoms with Crippen LogP contribution in [0.4, 0.5) is 0 Å². The lowest BCUT2D eigenvalue weighted by Crippen LogP contribution is -2.61. The van der Waals surface area contributed by atoms with Crippen molar-refractivity contribution in [3.8, 4) is 22.1 Å². The van der Waals surface area contributed by atoms with Crippen LogP contribution in [0.25, 0.3) is 21.3 Å². The Morgan fingerprint density at radius 2 is 1.70 bits per heavy atom. The van der Waals surface area contributed by atoms with Gasteiger partial charge in [-0.2, -0.15) is 0 Å². The van der Waals surface area contributed by atoms with E-state index < -0.39 is 79.0 Å². The number of aliphatic hydroxyl groups is 1. The molecule has 474 valence electrons. The number of carbonyl (C=O) groups excluding carboxylic acids is 8. The number of amides is 7. The quantitative estimate of drug-likeness (QED) is 0.0266. The van der Waals surface area contributed by atoms with Crippen LogP contribution in [-0.2, 0) is 39.8 Å². The molecule has 6 heterocycles. The van der Waals surface area contributed by atoms with Crippen LogP contribution in [0.1, 0.15) is 128 Å². The maximum absolute atomic E-state index is 14.6. The highest BCUT2D eigenvalue weighted by molar-refractivity contribution is 7.70. The average Bonchev–Trinajstić information content (AvgIpc) is 2.20. The molecule has 0 spiro atoms. The smallest absolute Gasteiger partial charge is 0.396 e. The predicted octanol–water partition coefficient (Wildman–Crippen LogP) is 5.69. The van der Waals surface area contributed by atoms with Crippen LogP contribution < -0.4 is 31.2 Å². The summed E-state index contributed by atoms with van der Waals surface area (Å²) in [6.07, 6.45) is 1.02. The monoisotopic (exact) mass is 1280 g/mol. The zero-order valence-electron chi connectivity index (χ0n) is 49.7. The molecule has 3 aromatic heterocycles. The van der Waals surface area contributed by atoms with Gasteiger partial charge < -0.3 is 70.3 Å². The fourth-order valence-electron chi connectivity index (χ4n) is 11.7. The molecule has 0 bridgehead atoms. The number of nitrogens with two attached hydrogens (primary N) is 1. The lowest BCUT2D eigenvalue weighted by atomic mass is 9.91. The van der Waals surface area contributed by atoms with Gasteiger partial charge in [-0.05, 0) is 110 Å². The second-order valence-corrected chi connectivity index (χ2v) is 25.8. The Balaban J connectivity index is 0.788. The predicted molar refractivity (Wildman–Crippen MR) is 327 cm³/mol. The molecule has 89 heavy (non-hydrogen) atoms. The number of benzene rings is 3. The van der Waals surface area contributed by atoms with E-state index in [4.69, 9.17) is 31.3 Å². The summed E-state index contributed by atoms with van der Waals surface area (Å²) in [5, 5.41) is 24.1. The number of nitrogens with zero attached hydrogens (tertiary/aromatic N) is 5. The Labute approximate surface area is 521 Å². The van der Waals surface area contributed by atoms with Gasteiger partial charge in [-0.1, -0.05) is 61.8 Å². The summed E-state index contributed by atoms with van der Waals surface area (Å²) < 4.78 is 29.5. The summed E-state index contributed by atoms with van der Waals surface area (Å²) >= 11 is 8.47. The van der Waals surface area contributed by atoms with E-state index in [2.05, 4.69) is 31.1 Å². The van der Waals surface area contributed by atoms with Crippen LogP contribution in [0.3, 0.4) is 0 Å². The van der Waals surface area contributed by atoms with Gasteiger partial charge in [0.15, 0.2) is 5.76 Å². The Morgan fingerprint density at radius 1 is 0.944 bits per heavy atom. The summed E-state index contributed by atoms with van der Waals surface area (Å²) in [6, 6.07) is 14.9. The number of likely N-dealkylation sites (tertiary alicyclic amines) is 1. The molecule has 25 nitrogen and oxygen atoms in total. The molecule has 3 fully saturated rings. The number of H-pyrrole nitrogens is 1. The molecule has 0 saturated carbocycles. The average molecular weight is 1280 g/mol. The van der Waals surface area contributed by atoms with Crippen molar-refractivity contribution in [2.45, 2.75) is 134 Å². The molecule has 28 heteroatoms. The first kappa shape index (κ1) is 65.4. The van der Waals surface area contributed by atoms with Crippen molar-refractivity contribution in [2.24, 2.45) is 11.7 Å². The molecule has 3 aromatic carbocycles. The highest BCUT2D eigenvalue weighted by Crippen LogP contribution is 2.40. The number of thiazole rings is 1. The second kappa shape index (κ2) is 28.2. The highest BCUT2D eigenvalue weighted by atomic mass is 35.5. The minimum atomic E-state index is -5.09. The molecular weight excluding hydrogens is 1210 g/mol. The third-order valence-electron chi connectivity index (χ3n) is 16.4. The number of β-amino-alcohol motifs (C(OH)–C–C–N with tert-alkyl or cyclic N) is 1. The molecule has 0 aliphatic carbocycles. The molecular formula is C61H72ClN10O15PS. The number of aryl methyl sites for hydroxylation is 2. The normalized spacial score (nSPS) is 19.7. The fourth-order valence-corrected chi connectivity index (χ4v) is 13.3. The van der Waals surface area contributed by atoms with E-state index >= 15 is 0 Å². The Hall–Kier alpha value is -8.00. The zero-order valence-corrected chi connectivity index (χ0v) is 52.1. The van der Waals surface area contributed by atoms with E-state index in [1.807, 2.05) is 58.0 Å². The van der Waals surface area contributed by atoms with Crippen LogP contribution in [0, 0.1) is 12.8 Å². The number of aliphatic hydroxyl groups excluding tert-OH is 1. The van der Waals surface area contributed by atoms with Gasteiger partial charge in [-0.25, -0.2) is 4.98 Å². The van der Waals surface area contributed by atoms with Crippen molar-refractivity contribution in [2.75, 3.05) is 32.8 Å². The van der Waals surface area contributed by atoms with E-state index in [-0.39, 0.29) is 116 Å². The first-order valence-corrected chi connectivity index (χ1v) is 32.2. The van der Waals surface area contributed by atoms with Crippen LogP contribution in [-0.4, -0.2) is 161 Å². The van der Waals surface area contributed by atoms with Crippen LogP contribution >= 0.6 is 30.5 Å². The summed E-state index contributed by atoms with van der Waals surface area (Å²) in [4.78, 5) is 139. The van der Waals surface area contributed by atoms with E-state index in [9.17, 15) is 57.8 Å². The van der Waals surface area contributed by atoms with Gasteiger partial charge in [0.05, 0.1) is 45.9 Å². The maximum Gasteiger partial charge on any atom is 0.396 e. The van der Waals surface area contributed by atoms with Crippen molar-refractivity contribution in [1.82, 2.24) is 45.8 Å². The lowest BCUT2D eigenvalue weighted by Gasteiger charge is -2.38. The minimum absolute atomic E-state index is 0.0291. The van der Waals surface area contributed by atoms with Gasteiger partial charge in [0.2, 0.25) is 35.4 Å². The van der Waals surface area contributed by atoms with Gasteiger partial charge in [0.25, 0.3) is 17.3 Å². The van der Waals surface area contributed by atoms with E-state index in [0.717, 1.165) is 21.7 Å². The molecule has 3 saturated heterocycles. The zero-order chi connectivity index (χ0) is 64.0. The molecule has 7 amide bonds. The van der Waals surface area contributed by atoms with Crippen LogP contribution in [0.2, 0.25) is 5.02 Å². The van der Waals surface area contributed by atoms with Crippen LogP contribution in [0.15, 0.2) is 82.8 Å². The number of carbonyl (C=O) groups is 8. The van der Waals surface area contributed by atoms with Crippen molar-refractivity contribution < 1.29 is 71.8 Å². The Bertz CT molecular complexity index is 3680. The van der Waals surface area contributed by atoms with Gasteiger partial charge >= 0.3 is 7.60 Å². The molecule has 8 atom stereocenters. The molecule has 3 aliphatic rings. The number of hydrogen-bond acceptors (Lipinski definition) is 16. The van der Waals surface area contributed by atoms with Gasteiger partial charge in [0, 0.05) is 68.0 Å². The van der Waals surface area contributed by atoms with E-state index in [1.54, 1.807) is 35.0 Å². The van der Waals surface area contributed by atoms with E-state index in [0.29, 0.717) is 47.5 Å². The minimum Gasteiger partial charge on any atom is -0.490 e. The number of aromatic nitrogens is 3. The number of rotatable bonds is 24. The van der Waals surface area contributed by atoms with Crippen LogP contribution in [0.5, 0.6) is 11.6 Å². The second-order valence-electron chi connectivity index (χ2n) is 23.1. The van der Waals surface area contributed by atoms with Gasteiger partial charge in [0.1, 0.15) is 42.1 Å². The first-order chi connectivity index (χ1) is 42.3. The lowest BCUT2D eigenvalue weighted by molar-refractivity contribution is -0.145. The maximum atomic E-state index is 14.6. The van der Waals surface area contributed by atoms with Gasteiger partial charge in [-0.3, -0.25) is 42.9 Å². The summed E-state index contributed by atoms with van der Waals surface area (Å²) in [7, 11) is -5.09. The van der Waals surface area contributed by atoms with Crippen molar-refractivity contribution in [3.05, 3.63) is 117 Å². The molecule has 6 aromatic rings. The summed E-state index contributed by atoms with van der Waals surface area (Å²) in [5.41, 5.74) is 9.56. The molecule has 0 radical (unpaired) electrons.